The van der Waals surface area contributed by atoms with Crippen molar-refractivity contribution < 1.29 is 4.79 Å². The molecule has 2 aromatic rings. The van der Waals surface area contributed by atoms with Gasteiger partial charge in [0, 0.05) is 17.8 Å². The molecule has 150 valence electrons. The molecular formula is C25H29N3O. The number of hydrazone groups is 1. The minimum Gasteiger partial charge on any atom is -0.366 e. The summed E-state index contributed by atoms with van der Waals surface area (Å²) in [6, 6.07) is 16.2. The average Bonchev–Trinajstić information content (AvgIpc) is 2.97. The first-order valence-corrected chi connectivity index (χ1v) is 10.4. The van der Waals surface area contributed by atoms with Crippen LogP contribution in [0.2, 0.25) is 0 Å². The van der Waals surface area contributed by atoms with Crippen LogP contribution in [-0.4, -0.2) is 23.7 Å². The maximum atomic E-state index is 13.0. The molecule has 29 heavy (non-hydrogen) atoms. The molecule has 1 amide bonds. The fourth-order valence-electron chi connectivity index (χ4n) is 4.79. The van der Waals surface area contributed by atoms with Crippen molar-refractivity contribution in [1.29, 1.82) is 0 Å². The second-order valence-corrected chi connectivity index (χ2v) is 8.68. The molecule has 2 aromatic carbocycles. The van der Waals surface area contributed by atoms with Crippen LogP contribution >= 0.6 is 0 Å². The summed E-state index contributed by atoms with van der Waals surface area (Å²) in [4.78, 5) is 15.5. The van der Waals surface area contributed by atoms with Gasteiger partial charge in [-0.3, -0.25) is 4.79 Å². The predicted octanol–water partition coefficient (Wildman–Crippen LogP) is 5.60. The highest BCUT2D eigenvalue weighted by Crippen LogP contribution is 2.43. The number of amides is 1. The van der Waals surface area contributed by atoms with Gasteiger partial charge in [-0.2, -0.15) is 10.1 Å². The zero-order valence-electron chi connectivity index (χ0n) is 17.9. The van der Waals surface area contributed by atoms with E-state index in [-0.39, 0.29) is 11.4 Å². The molecule has 0 saturated heterocycles. The first-order valence-electron chi connectivity index (χ1n) is 10.4. The summed E-state index contributed by atoms with van der Waals surface area (Å²) < 4.78 is 0. The molecule has 4 rings (SSSR count). The number of carbonyl (C=O) groups is 1. The summed E-state index contributed by atoms with van der Waals surface area (Å²) in [6.07, 6.45) is 3.10. The van der Waals surface area contributed by atoms with Gasteiger partial charge in [-0.05, 0) is 81.5 Å². The topological polar surface area (TPSA) is 35.9 Å². The SMILES string of the molecule is CCN1c2ccc(/C=C3/C(=O)N(c4ccccc4)N=C3C)cc2[C@@H](C)CC1(C)C. The fourth-order valence-corrected chi connectivity index (χ4v) is 4.79. The zero-order valence-corrected chi connectivity index (χ0v) is 17.9. The van der Waals surface area contributed by atoms with Crippen molar-refractivity contribution in [2.75, 3.05) is 16.5 Å². The van der Waals surface area contributed by atoms with Crippen LogP contribution in [0.15, 0.2) is 59.2 Å². The number of carbonyl (C=O) groups excluding carboxylic acids is 1. The lowest BCUT2D eigenvalue weighted by Gasteiger charge is -2.47. The van der Waals surface area contributed by atoms with Gasteiger partial charge in [-0.15, -0.1) is 0 Å². The molecule has 0 unspecified atom stereocenters. The Morgan fingerprint density at radius 3 is 2.59 bits per heavy atom. The molecule has 2 aliphatic heterocycles. The summed E-state index contributed by atoms with van der Waals surface area (Å²) in [5.41, 5.74) is 6.08. The van der Waals surface area contributed by atoms with Crippen LogP contribution in [0.4, 0.5) is 11.4 Å². The van der Waals surface area contributed by atoms with Crippen molar-refractivity contribution in [1.82, 2.24) is 0 Å². The van der Waals surface area contributed by atoms with Gasteiger partial charge in [0.1, 0.15) is 0 Å². The second kappa shape index (κ2) is 7.18. The summed E-state index contributed by atoms with van der Waals surface area (Å²) >= 11 is 0. The monoisotopic (exact) mass is 387 g/mol. The van der Waals surface area contributed by atoms with Crippen molar-refractivity contribution in [3.8, 4) is 0 Å². The Labute approximate surface area is 173 Å². The van der Waals surface area contributed by atoms with E-state index in [9.17, 15) is 4.79 Å². The third-order valence-corrected chi connectivity index (χ3v) is 6.10. The third kappa shape index (κ3) is 3.37. The molecule has 2 aliphatic rings. The van der Waals surface area contributed by atoms with Crippen molar-refractivity contribution in [3.63, 3.8) is 0 Å². The highest BCUT2D eigenvalue weighted by molar-refractivity contribution is 6.32. The van der Waals surface area contributed by atoms with E-state index in [1.165, 1.54) is 16.3 Å². The van der Waals surface area contributed by atoms with Crippen molar-refractivity contribution in [2.45, 2.75) is 52.5 Å². The summed E-state index contributed by atoms with van der Waals surface area (Å²) in [5, 5.41) is 5.98. The van der Waals surface area contributed by atoms with E-state index in [0.717, 1.165) is 29.9 Å². The van der Waals surface area contributed by atoms with Crippen LogP contribution < -0.4 is 9.91 Å². The van der Waals surface area contributed by atoms with E-state index in [2.05, 4.69) is 55.9 Å². The molecule has 0 bridgehead atoms. The highest BCUT2D eigenvalue weighted by atomic mass is 16.2. The molecule has 2 heterocycles. The number of fused-ring (bicyclic) bond motifs is 1. The Hall–Kier alpha value is -2.88. The van der Waals surface area contributed by atoms with Gasteiger partial charge in [0.25, 0.3) is 5.91 Å². The van der Waals surface area contributed by atoms with E-state index in [0.29, 0.717) is 11.5 Å². The minimum atomic E-state index is -0.0733. The van der Waals surface area contributed by atoms with Crippen LogP contribution in [0, 0.1) is 0 Å². The fraction of sp³-hybridized carbons (Fsp3) is 0.360. The van der Waals surface area contributed by atoms with Gasteiger partial charge in [-0.25, -0.2) is 0 Å². The average molecular weight is 388 g/mol. The zero-order chi connectivity index (χ0) is 20.8. The maximum Gasteiger partial charge on any atom is 0.280 e. The van der Waals surface area contributed by atoms with E-state index in [1.807, 2.05) is 43.3 Å². The van der Waals surface area contributed by atoms with Gasteiger partial charge in [0.15, 0.2) is 0 Å². The number of anilines is 2. The van der Waals surface area contributed by atoms with Crippen LogP contribution in [-0.2, 0) is 4.79 Å². The standard InChI is InChI=1S/C25H29N3O/c1-6-27-23-13-12-19(14-21(23)17(2)16-25(27,4)5)15-22-18(3)26-28(24(22)29)20-10-8-7-9-11-20/h7-15,17H,6,16H2,1-5H3/b22-15+/t17-/m0/s1. The number of rotatable bonds is 3. The number of benzene rings is 2. The predicted molar refractivity (Wildman–Crippen MR) is 122 cm³/mol. The molecule has 0 saturated carbocycles. The van der Waals surface area contributed by atoms with E-state index < -0.39 is 0 Å². The summed E-state index contributed by atoms with van der Waals surface area (Å²) in [6.45, 7) is 12.0. The highest BCUT2D eigenvalue weighted by Gasteiger charge is 2.35. The summed E-state index contributed by atoms with van der Waals surface area (Å²) in [5.74, 6) is 0.409. The van der Waals surface area contributed by atoms with Crippen LogP contribution in [0.25, 0.3) is 6.08 Å². The molecular weight excluding hydrogens is 358 g/mol. The van der Waals surface area contributed by atoms with Crippen molar-refractivity contribution >= 4 is 29.1 Å². The van der Waals surface area contributed by atoms with Gasteiger partial charge < -0.3 is 4.90 Å². The lowest BCUT2D eigenvalue weighted by molar-refractivity contribution is -0.114. The van der Waals surface area contributed by atoms with E-state index in [1.54, 1.807) is 0 Å². The van der Waals surface area contributed by atoms with E-state index >= 15 is 0 Å². The van der Waals surface area contributed by atoms with Gasteiger partial charge >= 0.3 is 0 Å². The van der Waals surface area contributed by atoms with Crippen molar-refractivity contribution in [3.05, 3.63) is 65.2 Å². The van der Waals surface area contributed by atoms with E-state index in [4.69, 9.17) is 0 Å². The second-order valence-electron chi connectivity index (χ2n) is 8.68. The molecule has 0 aliphatic carbocycles. The quantitative estimate of drug-likeness (QED) is 0.642. The van der Waals surface area contributed by atoms with Gasteiger partial charge in [0.2, 0.25) is 0 Å². The Morgan fingerprint density at radius 1 is 1.17 bits per heavy atom. The number of hydrogen-bond donors (Lipinski definition) is 0. The number of hydrogen-bond acceptors (Lipinski definition) is 3. The Balaban J connectivity index is 1.69. The minimum absolute atomic E-state index is 0.0733. The molecule has 0 N–H and O–H groups in total. The number of nitrogens with zero attached hydrogens (tertiary/aromatic N) is 3. The molecule has 0 spiro atoms. The largest absolute Gasteiger partial charge is 0.366 e. The smallest absolute Gasteiger partial charge is 0.280 e. The number of para-hydroxylation sites is 1. The van der Waals surface area contributed by atoms with Crippen molar-refractivity contribution in [2.24, 2.45) is 5.10 Å². The first kappa shape index (κ1) is 19.4. The molecule has 4 nitrogen and oxygen atoms in total. The Bertz CT molecular complexity index is 1000. The van der Waals surface area contributed by atoms with Gasteiger partial charge in [0.05, 0.1) is 17.0 Å². The molecule has 4 heteroatoms. The first-order chi connectivity index (χ1) is 13.8. The summed E-state index contributed by atoms with van der Waals surface area (Å²) in [7, 11) is 0. The normalized spacial score (nSPS) is 22.1. The molecule has 0 fully saturated rings. The Kier molecular flexibility index (Phi) is 4.81. The maximum absolute atomic E-state index is 13.0. The third-order valence-electron chi connectivity index (χ3n) is 6.10. The lowest BCUT2D eigenvalue weighted by Crippen LogP contribution is -2.48. The Morgan fingerprint density at radius 2 is 1.90 bits per heavy atom. The molecule has 0 aromatic heterocycles. The van der Waals surface area contributed by atoms with Crippen LogP contribution in [0.3, 0.4) is 0 Å². The van der Waals surface area contributed by atoms with Crippen LogP contribution in [0.1, 0.15) is 58.1 Å². The molecule has 0 radical (unpaired) electrons. The van der Waals surface area contributed by atoms with Gasteiger partial charge in [-0.1, -0.05) is 31.2 Å². The lowest BCUT2D eigenvalue weighted by atomic mass is 9.79. The molecule has 1 atom stereocenters. The van der Waals surface area contributed by atoms with Crippen LogP contribution in [0.5, 0.6) is 0 Å².